The number of anilines is 1. The average molecular weight is 257 g/mol. The summed E-state index contributed by atoms with van der Waals surface area (Å²) in [5, 5.41) is 6.79. The molecule has 0 radical (unpaired) electrons. The van der Waals surface area contributed by atoms with E-state index in [-0.39, 0.29) is 22.8 Å². The molecule has 0 aromatic carbocycles. The average Bonchev–Trinajstić information content (AvgIpc) is 3.05. The normalized spacial score (nSPS) is 14.6. The van der Waals surface area contributed by atoms with Gasteiger partial charge in [0.05, 0.1) is 17.8 Å². The van der Waals surface area contributed by atoms with E-state index in [0.717, 1.165) is 12.8 Å². The Morgan fingerprint density at radius 2 is 2.35 bits per heavy atom. The number of hydrogen-bond acceptors (Lipinski definition) is 4. The Kier molecular flexibility index (Phi) is 3.33. The molecule has 1 fully saturated rings. The molecule has 1 aromatic rings. The van der Waals surface area contributed by atoms with Crippen LogP contribution in [-0.4, -0.2) is 22.2 Å². The van der Waals surface area contributed by atoms with E-state index in [0.29, 0.717) is 12.5 Å². The quantitative estimate of drug-likeness (QED) is 0.788. The van der Waals surface area contributed by atoms with Crippen molar-refractivity contribution in [2.45, 2.75) is 19.4 Å². The predicted molar refractivity (Wildman–Crippen MR) is 63.9 cm³/mol. The number of carbonyl (C=O) groups excluding carboxylic acids is 1. The summed E-state index contributed by atoms with van der Waals surface area (Å²) in [5.41, 5.74) is 4.87. The number of amides is 1. The summed E-state index contributed by atoms with van der Waals surface area (Å²) in [7, 11) is 0. The van der Waals surface area contributed by atoms with Crippen LogP contribution in [0.3, 0.4) is 0 Å². The summed E-state index contributed by atoms with van der Waals surface area (Å²) in [6.45, 7) is 0.476. The lowest BCUT2D eigenvalue weighted by Crippen LogP contribution is -2.30. The third kappa shape index (κ3) is 2.97. The molecular formula is C10H13ClN4O2. The fourth-order valence-corrected chi connectivity index (χ4v) is 1.67. The first-order chi connectivity index (χ1) is 8.08. The van der Waals surface area contributed by atoms with Crippen molar-refractivity contribution in [1.29, 1.82) is 0 Å². The maximum absolute atomic E-state index is 12.0. The van der Waals surface area contributed by atoms with Crippen molar-refractivity contribution in [3.63, 3.8) is 0 Å². The molecule has 3 N–H and O–H groups in total. The number of carbonyl (C=O) groups is 1. The van der Waals surface area contributed by atoms with Crippen LogP contribution >= 0.6 is 11.6 Å². The SMILES string of the molecule is NC(=O)CNc1c(Cl)cnn(CC2CC2)c1=O. The molecule has 0 aliphatic heterocycles. The molecule has 6 nitrogen and oxygen atoms in total. The van der Waals surface area contributed by atoms with E-state index < -0.39 is 5.91 Å². The van der Waals surface area contributed by atoms with Gasteiger partial charge in [0, 0.05) is 6.54 Å². The summed E-state index contributed by atoms with van der Waals surface area (Å²) < 4.78 is 1.37. The molecule has 17 heavy (non-hydrogen) atoms. The van der Waals surface area contributed by atoms with E-state index in [9.17, 15) is 9.59 Å². The van der Waals surface area contributed by atoms with Gasteiger partial charge in [-0.1, -0.05) is 11.6 Å². The summed E-state index contributed by atoms with van der Waals surface area (Å²) in [6.07, 6.45) is 3.65. The zero-order valence-electron chi connectivity index (χ0n) is 9.15. The molecule has 1 aromatic heterocycles. The fraction of sp³-hybridized carbons (Fsp3) is 0.500. The minimum atomic E-state index is -0.550. The Hall–Kier alpha value is -1.56. The molecule has 1 amide bonds. The van der Waals surface area contributed by atoms with Crippen molar-refractivity contribution in [1.82, 2.24) is 9.78 Å². The van der Waals surface area contributed by atoms with Crippen molar-refractivity contribution in [2.24, 2.45) is 11.7 Å². The molecule has 0 atom stereocenters. The highest BCUT2D eigenvalue weighted by atomic mass is 35.5. The molecule has 0 spiro atoms. The topological polar surface area (TPSA) is 90.0 Å². The van der Waals surface area contributed by atoms with E-state index in [2.05, 4.69) is 10.4 Å². The second-order valence-electron chi connectivity index (χ2n) is 4.12. The first-order valence-electron chi connectivity index (χ1n) is 5.35. The molecule has 0 bridgehead atoms. The van der Waals surface area contributed by atoms with Crippen LogP contribution < -0.4 is 16.6 Å². The van der Waals surface area contributed by atoms with Gasteiger partial charge in [0.2, 0.25) is 5.91 Å². The number of rotatable bonds is 5. The Labute approximate surface area is 103 Å². The fourth-order valence-electron chi connectivity index (χ4n) is 1.48. The summed E-state index contributed by atoms with van der Waals surface area (Å²) in [4.78, 5) is 22.6. The van der Waals surface area contributed by atoms with E-state index >= 15 is 0 Å². The standard InChI is InChI=1S/C10H13ClN4O2/c11-7-3-14-15(5-6-1-2-6)10(17)9(7)13-4-8(12)16/h3,6,13H,1-2,4-5H2,(H2,12,16). The highest BCUT2D eigenvalue weighted by Crippen LogP contribution is 2.30. The van der Waals surface area contributed by atoms with Crippen molar-refractivity contribution in [2.75, 3.05) is 11.9 Å². The number of aromatic nitrogens is 2. The number of primary amides is 1. The molecule has 0 unspecified atom stereocenters. The smallest absolute Gasteiger partial charge is 0.291 e. The Balaban J connectivity index is 2.22. The van der Waals surface area contributed by atoms with E-state index in [1.54, 1.807) is 0 Å². The third-order valence-corrected chi connectivity index (χ3v) is 2.85. The van der Waals surface area contributed by atoms with Gasteiger partial charge in [-0.15, -0.1) is 0 Å². The van der Waals surface area contributed by atoms with E-state index in [4.69, 9.17) is 17.3 Å². The van der Waals surface area contributed by atoms with Gasteiger partial charge in [-0.2, -0.15) is 5.10 Å². The predicted octanol–water partition coefficient (Wildman–Crippen LogP) is 0.204. The third-order valence-electron chi connectivity index (χ3n) is 2.57. The second-order valence-corrected chi connectivity index (χ2v) is 4.53. The van der Waals surface area contributed by atoms with E-state index in [1.165, 1.54) is 10.9 Å². The number of nitrogens with one attached hydrogen (secondary N) is 1. The lowest BCUT2D eigenvalue weighted by Gasteiger charge is -2.08. The summed E-state index contributed by atoms with van der Waals surface area (Å²) in [6, 6.07) is 0. The number of halogens is 1. The van der Waals surface area contributed by atoms with Gasteiger partial charge in [0.25, 0.3) is 5.56 Å². The van der Waals surface area contributed by atoms with Crippen LogP contribution in [-0.2, 0) is 11.3 Å². The number of hydrogen-bond donors (Lipinski definition) is 2. The van der Waals surface area contributed by atoms with Crippen molar-refractivity contribution >= 4 is 23.2 Å². The first kappa shape index (κ1) is 11.9. The largest absolute Gasteiger partial charge is 0.370 e. The maximum Gasteiger partial charge on any atom is 0.291 e. The van der Waals surface area contributed by atoms with Crippen LogP contribution in [0, 0.1) is 5.92 Å². The van der Waals surface area contributed by atoms with Crippen molar-refractivity contribution in [3.8, 4) is 0 Å². The molecule has 92 valence electrons. The zero-order chi connectivity index (χ0) is 12.4. The second kappa shape index (κ2) is 4.75. The molecule has 1 aliphatic carbocycles. The van der Waals surface area contributed by atoms with Gasteiger partial charge in [0.1, 0.15) is 5.69 Å². The Morgan fingerprint density at radius 3 is 2.94 bits per heavy atom. The van der Waals surface area contributed by atoms with E-state index in [1.807, 2.05) is 0 Å². The van der Waals surface area contributed by atoms with Crippen molar-refractivity contribution < 1.29 is 4.79 Å². The minimum Gasteiger partial charge on any atom is -0.370 e. The zero-order valence-corrected chi connectivity index (χ0v) is 9.91. The summed E-state index contributed by atoms with van der Waals surface area (Å²) in [5.74, 6) is -0.0172. The molecule has 2 rings (SSSR count). The van der Waals surface area contributed by atoms with Gasteiger partial charge in [-0.05, 0) is 18.8 Å². The lowest BCUT2D eigenvalue weighted by molar-refractivity contribution is -0.116. The Bertz CT molecular complexity index is 496. The highest BCUT2D eigenvalue weighted by Gasteiger charge is 2.23. The highest BCUT2D eigenvalue weighted by molar-refractivity contribution is 6.33. The van der Waals surface area contributed by atoms with Gasteiger partial charge >= 0.3 is 0 Å². The molecular weight excluding hydrogens is 244 g/mol. The van der Waals surface area contributed by atoms with Crippen LogP contribution in [0.4, 0.5) is 5.69 Å². The Morgan fingerprint density at radius 1 is 1.65 bits per heavy atom. The van der Waals surface area contributed by atoms with Crippen molar-refractivity contribution in [3.05, 3.63) is 21.6 Å². The van der Waals surface area contributed by atoms with Gasteiger partial charge < -0.3 is 11.1 Å². The van der Waals surface area contributed by atoms with Gasteiger partial charge in [-0.3, -0.25) is 9.59 Å². The molecule has 7 heteroatoms. The molecule has 1 saturated carbocycles. The minimum absolute atomic E-state index is 0.123. The summed E-state index contributed by atoms with van der Waals surface area (Å²) >= 11 is 5.85. The lowest BCUT2D eigenvalue weighted by atomic mass is 10.4. The van der Waals surface area contributed by atoms with Crippen LogP contribution in [0.5, 0.6) is 0 Å². The molecule has 0 saturated heterocycles. The van der Waals surface area contributed by atoms with Crippen LogP contribution in [0.15, 0.2) is 11.0 Å². The van der Waals surface area contributed by atoms with Crippen LogP contribution in [0.2, 0.25) is 5.02 Å². The van der Waals surface area contributed by atoms with Crippen LogP contribution in [0.1, 0.15) is 12.8 Å². The monoisotopic (exact) mass is 256 g/mol. The first-order valence-corrected chi connectivity index (χ1v) is 5.73. The van der Waals surface area contributed by atoms with Crippen LogP contribution in [0.25, 0.3) is 0 Å². The van der Waals surface area contributed by atoms with Gasteiger partial charge in [-0.25, -0.2) is 4.68 Å². The van der Waals surface area contributed by atoms with Gasteiger partial charge in [0.15, 0.2) is 0 Å². The molecule has 1 heterocycles. The number of nitrogens with two attached hydrogens (primary N) is 1. The number of nitrogens with zero attached hydrogens (tertiary/aromatic N) is 2. The maximum atomic E-state index is 12.0. The molecule has 1 aliphatic rings.